The fourth-order valence-electron chi connectivity index (χ4n) is 4.26. The highest BCUT2D eigenvalue weighted by atomic mass is 32.2. The Labute approximate surface area is 201 Å². The lowest BCUT2D eigenvalue weighted by atomic mass is 9.93. The lowest BCUT2D eigenvalue weighted by Gasteiger charge is -2.38. The summed E-state index contributed by atoms with van der Waals surface area (Å²) in [5.74, 6) is -1.03. The van der Waals surface area contributed by atoms with Gasteiger partial charge in [-0.1, -0.05) is 30.0 Å². The number of ketones is 1. The Bertz CT molecular complexity index is 1110. The standard InChI is InChI=1S/C24H27FN4O4S/c1-3-33-24(32)21-19(26-28-27-21)12-16-13-29(11-10-20(16)34-14(2)30)22(23(31)15-8-9-15)17-6-4-5-7-18(17)25/h4-7,12,15,20,22H,3,8-11,13H2,1-2H3,(H,26,27,28)/b16-12+. The van der Waals surface area contributed by atoms with Crippen LogP contribution in [-0.4, -0.2) is 62.1 Å². The zero-order valence-corrected chi connectivity index (χ0v) is 19.9. The Kier molecular flexibility index (Phi) is 7.57. The number of carbonyl (C=O) groups excluding carboxylic acids is 3. The van der Waals surface area contributed by atoms with Crippen molar-refractivity contribution < 1.29 is 23.5 Å². The Morgan fingerprint density at radius 2 is 2.03 bits per heavy atom. The minimum absolute atomic E-state index is 0.0239. The molecule has 34 heavy (non-hydrogen) atoms. The second-order valence-electron chi connectivity index (χ2n) is 8.46. The number of piperidine rings is 1. The molecule has 0 bridgehead atoms. The first-order valence-electron chi connectivity index (χ1n) is 11.4. The number of ether oxygens (including phenoxy) is 1. The van der Waals surface area contributed by atoms with Gasteiger partial charge < -0.3 is 4.74 Å². The summed E-state index contributed by atoms with van der Waals surface area (Å²) in [4.78, 5) is 39.4. The van der Waals surface area contributed by atoms with Gasteiger partial charge in [-0.15, -0.1) is 5.10 Å². The maximum absolute atomic E-state index is 14.8. The molecule has 4 rings (SSSR count). The summed E-state index contributed by atoms with van der Waals surface area (Å²) in [5, 5.41) is 10.3. The second kappa shape index (κ2) is 10.6. The van der Waals surface area contributed by atoms with E-state index in [4.69, 9.17) is 4.74 Å². The molecule has 2 heterocycles. The maximum atomic E-state index is 14.8. The van der Waals surface area contributed by atoms with Gasteiger partial charge in [-0.3, -0.25) is 14.5 Å². The van der Waals surface area contributed by atoms with E-state index in [0.717, 1.165) is 18.4 Å². The van der Waals surface area contributed by atoms with Crippen molar-refractivity contribution >= 4 is 34.7 Å². The molecule has 1 aliphatic carbocycles. The van der Waals surface area contributed by atoms with Crippen molar-refractivity contribution in [2.24, 2.45) is 5.92 Å². The van der Waals surface area contributed by atoms with Gasteiger partial charge in [-0.25, -0.2) is 9.18 Å². The van der Waals surface area contributed by atoms with Crippen LogP contribution in [0.2, 0.25) is 0 Å². The summed E-state index contributed by atoms with van der Waals surface area (Å²) in [5.41, 5.74) is 1.54. The highest BCUT2D eigenvalue weighted by Gasteiger charge is 2.41. The van der Waals surface area contributed by atoms with E-state index in [2.05, 4.69) is 15.4 Å². The number of hydrogen-bond donors (Lipinski definition) is 1. The van der Waals surface area contributed by atoms with Crippen LogP contribution in [0.1, 0.15) is 60.9 Å². The molecule has 0 amide bonds. The summed E-state index contributed by atoms with van der Waals surface area (Å²) in [6.07, 6.45) is 3.96. The van der Waals surface area contributed by atoms with E-state index in [9.17, 15) is 18.8 Å². The predicted molar refractivity (Wildman–Crippen MR) is 125 cm³/mol. The summed E-state index contributed by atoms with van der Waals surface area (Å²) >= 11 is 1.20. The third-order valence-corrected chi connectivity index (χ3v) is 7.12. The fourth-order valence-corrected chi connectivity index (χ4v) is 5.18. The van der Waals surface area contributed by atoms with Gasteiger partial charge in [-0.2, -0.15) is 10.3 Å². The number of nitrogens with zero attached hydrogens (tertiary/aromatic N) is 3. The number of rotatable bonds is 8. The number of nitrogens with one attached hydrogen (secondary N) is 1. The average molecular weight is 487 g/mol. The lowest BCUT2D eigenvalue weighted by Crippen LogP contribution is -2.43. The van der Waals surface area contributed by atoms with E-state index in [0.29, 0.717) is 30.8 Å². The summed E-state index contributed by atoms with van der Waals surface area (Å²) in [6.45, 7) is 4.27. The zero-order chi connectivity index (χ0) is 24.2. The Morgan fingerprint density at radius 1 is 1.26 bits per heavy atom. The van der Waals surface area contributed by atoms with Crippen LogP contribution in [-0.2, 0) is 14.3 Å². The lowest BCUT2D eigenvalue weighted by molar-refractivity contribution is -0.126. The molecule has 1 aromatic heterocycles. The monoisotopic (exact) mass is 486 g/mol. The van der Waals surface area contributed by atoms with Crippen LogP contribution in [0.15, 0.2) is 29.8 Å². The van der Waals surface area contributed by atoms with E-state index >= 15 is 0 Å². The van der Waals surface area contributed by atoms with Crippen LogP contribution in [0.4, 0.5) is 4.39 Å². The number of aromatic amines is 1. The van der Waals surface area contributed by atoms with E-state index in [1.54, 1.807) is 31.2 Å². The van der Waals surface area contributed by atoms with Gasteiger partial charge >= 0.3 is 5.97 Å². The average Bonchev–Trinajstić information content (AvgIpc) is 3.55. The number of esters is 1. The van der Waals surface area contributed by atoms with Crippen LogP contribution < -0.4 is 0 Å². The highest BCUT2D eigenvalue weighted by Crippen LogP contribution is 2.40. The minimum Gasteiger partial charge on any atom is -0.461 e. The van der Waals surface area contributed by atoms with E-state index in [1.807, 2.05) is 4.90 Å². The maximum Gasteiger partial charge on any atom is 0.361 e. The minimum atomic E-state index is -0.706. The third-order valence-electron chi connectivity index (χ3n) is 5.97. The molecule has 1 saturated heterocycles. The number of aromatic nitrogens is 3. The molecule has 1 N–H and O–H groups in total. The van der Waals surface area contributed by atoms with Crippen LogP contribution in [0.5, 0.6) is 0 Å². The van der Waals surface area contributed by atoms with Crippen molar-refractivity contribution in [1.82, 2.24) is 20.3 Å². The highest BCUT2D eigenvalue weighted by molar-refractivity contribution is 8.14. The molecule has 2 aliphatic rings. The molecule has 2 unspecified atom stereocenters. The topological polar surface area (TPSA) is 105 Å². The van der Waals surface area contributed by atoms with Gasteiger partial charge in [0, 0.05) is 36.7 Å². The first-order valence-corrected chi connectivity index (χ1v) is 12.2. The van der Waals surface area contributed by atoms with Crippen molar-refractivity contribution in [3.63, 3.8) is 0 Å². The summed E-state index contributed by atoms with van der Waals surface area (Å²) in [7, 11) is 0. The molecule has 180 valence electrons. The smallest absolute Gasteiger partial charge is 0.361 e. The van der Waals surface area contributed by atoms with Crippen molar-refractivity contribution in [2.45, 2.75) is 44.4 Å². The fraction of sp³-hybridized carbons (Fsp3) is 0.458. The Hall–Kier alpha value is -2.85. The molecule has 0 spiro atoms. The molecule has 0 radical (unpaired) electrons. The van der Waals surface area contributed by atoms with E-state index in [-0.39, 0.29) is 34.4 Å². The van der Waals surface area contributed by atoms with Crippen LogP contribution in [0.25, 0.3) is 6.08 Å². The number of Topliss-reactive ketones (excluding diaryl/α,β-unsaturated/α-hetero) is 1. The van der Waals surface area contributed by atoms with Gasteiger partial charge in [0.1, 0.15) is 11.5 Å². The van der Waals surface area contributed by atoms with Crippen LogP contribution in [0, 0.1) is 11.7 Å². The Morgan fingerprint density at radius 3 is 2.71 bits per heavy atom. The van der Waals surface area contributed by atoms with Gasteiger partial charge in [0.15, 0.2) is 16.6 Å². The first kappa shape index (κ1) is 24.3. The zero-order valence-electron chi connectivity index (χ0n) is 19.1. The number of hydrogen-bond acceptors (Lipinski definition) is 8. The van der Waals surface area contributed by atoms with Gasteiger partial charge in [-0.05, 0) is 43.9 Å². The van der Waals surface area contributed by atoms with E-state index in [1.165, 1.54) is 24.8 Å². The molecule has 1 aliphatic heterocycles. The summed E-state index contributed by atoms with van der Waals surface area (Å²) in [6, 6.07) is 5.68. The number of halogens is 1. The predicted octanol–water partition coefficient (Wildman–Crippen LogP) is 3.58. The van der Waals surface area contributed by atoms with Crippen molar-refractivity contribution in [3.8, 4) is 0 Å². The largest absolute Gasteiger partial charge is 0.461 e. The quantitative estimate of drug-likeness (QED) is 0.565. The van der Waals surface area contributed by atoms with Crippen LogP contribution in [0.3, 0.4) is 0 Å². The molecule has 2 atom stereocenters. The number of benzene rings is 1. The van der Waals surface area contributed by atoms with Gasteiger partial charge in [0.2, 0.25) is 0 Å². The number of likely N-dealkylation sites (tertiary alicyclic amines) is 1. The molecular weight excluding hydrogens is 459 g/mol. The normalized spacial score (nSPS) is 20.8. The molecular formula is C24H27FN4O4S. The van der Waals surface area contributed by atoms with Crippen molar-refractivity contribution in [2.75, 3.05) is 19.7 Å². The molecule has 2 aromatic rings. The third kappa shape index (κ3) is 5.44. The molecule has 8 nitrogen and oxygen atoms in total. The van der Waals surface area contributed by atoms with Gasteiger partial charge in [0.25, 0.3) is 0 Å². The van der Waals surface area contributed by atoms with Crippen LogP contribution >= 0.6 is 11.8 Å². The van der Waals surface area contributed by atoms with Crippen molar-refractivity contribution in [3.05, 3.63) is 52.6 Å². The summed E-state index contributed by atoms with van der Waals surface area (Å²) < 4.78 is 19.8. The number of carbonyl (C=O) groups is 3. The van der Waals surface area contributed by atoms with Gasteiger partial charge in [0.05, 0.1) is 12.6 Å². The van der Waals surface area contributed by atoms with E-state index < -0.39 is 17.8 Å². The molecule has 1 saturated carbocycles. The number of H-pyrrole nitrogens is 1. The van der Waals surface area contributed by atoms with Crippen molar-refractivity contribution in [1.29, 1.82) is 0 Å². The number of thioether (sulfide) groups is 1. The molecule has 10 heteroatoms. The first-order chi connectivity index (χ1) is 16.4. The second-order valence-corrected chi connectivity index (χ2v) is 9.83. The Balaban J connectivity index is 1.68. The SMILES string of the molecule is CCOC(=O)c1n[nH]nc1/C=C1\CN(C(C(=O)C2CC2)c2ccccc2F)CCC1SC(C)=O. The molecule has 1 aromatic carbocycles. The molecule has 2 fully saturated rings.